The number of rotatable bonds is 7. The van der Waals surface area contributed by atoms with Gasteiger partial charge in [0, 0.05) is 60.5 Å². The molecule has 9 aromatic carbocycles. The normalized spacial score (nSPS) is 12.8. The van der Waals surface area contributed by atoms with Gasteiger partial charge in [-0.05, 0) is 64.7 Å². The minimum atomic E-state index is -0.123. The van der Waals surface area contributed by atoms with Crippen molar-refractivity contribution in [3.05, 3.63) is 230 Å². The molecule has 0 fully saturated rings. The number of nitrogens with zero attached hydrogens (tertiary/aromatic N) is 8. The van der Waals surface area contributed by atoms with Crippen molar-refractivity contribution in [3.63, 3.8) is 0 Å². The van der Waals surface area contributed by atoms with Gasteiger partial charge in [-0.1, -0.05) is 190 Å². The van der Waals surface area contributed by atoms with Crippen molar-refractivity contribution >= 4 is 43.6 Å². The van der Waals surface area contributed by atoms with Crippen LogP contribution in [0, 0.1) is 0 Å². The van der Waals surface area contributed by atoms with Crippen LogP contribution in [-0.4, -0.2) is 39.0 Å². The number of hydrogen-bond acceptors (Lipinski definition) is 6. The molecule has 4 aromatic heterocycles. The van der Waals surface area contributed by atoms with Crippen molar-refractivity contribution in [1.29, 1.82) is 0 Å². The van der Waals surface area contributed by atoms with Crippen LogP contribution in [0.2, 0.25) is 0 Å². The molecule has 0 bridgehead atoms. The molecule has 0 radical (unpaired) electrons. The molecule has 8 nitrogen and oxygen atoms in total. The molecule has 0 atom stereocenters. The maximum Gasteiger partial charge on any atom is 0.238 e. The van der Waals surface area contributed by atoms with Crippen LogP contribution in [-0.2, 0) is 5.41 Å². The van der Waals surface area contributed by atoms with Gasteiger partial charge in [-0.3, -0.25) is 4.57 Å². The first-order valence-corrected chi connectivity index (χ1v) is 24.0. The van der Waals surface area contributed by atoms with Crippen LogP contribution in [0.4, 0.5) is 0 Å². The number of para-hydroxylation sites is 2. The third-order valence-corrected chi connectivity index (χ3v) is 14.2. The largest absolute Gasteiger partial charge is 0.307 e. The lowest BCUT2D eigenvalue weighted by Gasteiger charge is -2.21. The summed E-state index contributed by atoms with van der Waals surface area (Å²) in [6.07, 6.45) is 0. The minimum absolute atomic E-state index is 0.123. The molecule has 8 heteroatoms. The second-order valence-corrected chi connectivity index (χ2v) is 18.7. The maximum absolute atomic E-state index is 5.47. The van der Waals surface area contributed by atoms with Crippen molar-refractivity contribution in [2.75, 3.05) is 0 Å². The first kappa shape index (κ1) is 40.6. The Kier molecular flexibility index (Phi) is 9.06. The van der Waals surface area contributed by atoms with Crippen molar-refractivity contribution in [3.8, 4) is 79.7 Å². The number of hydrogen-bond donors (Lipinski definition) is 0. The molecule has 334 valence electrons. The van der Waals surface area contributed by atoms with Gasteiger partial charge in [0.2, 0.25) is 5.95 Å². The Morgan fingerprint density at radius 2 is 0.718 bits per heavy atom. The molecule has 1 aliphatic rings. The van der Waals surface area contributed by atoms with E-state index >= 15 is 0 Å². The molecule has 0 unspecified atom stereocenters. The second kappa shape index (κ2) is 15.8. The lowest BCUT2D eigenvalue weighted by molar-refractivity contribution is 0.660. The molecule has 0 N–H and O–H groups in total. The lowest BCUT2D eigenvalue weighted by atomic mass is 9.82. The Labute approximate surface area is 409 Å². The molecule has 1 aliphatic carbocycles. The molecule has 13 aromatic rings. The molecular weight excluding hydrogens is 869 g/mol. The van der Waals surface area contributed by atoms with Gasteiger partial charge in [0.15, 0.2) is 29.1 Å². The maximum atomic E-state index is 5.47. The van der Waals surface area contributed by atoms with E-state index in [9.17, 15) is 0 Å². The van der Waals surface area contributed by atoms with Gasteiger partial charge < -0.3 is 4.57 Å². The molecule has 0 saturated carbocycles. The average molecular weight is 911 g/mol. The van der Waals surface area contributed by atoms with Crippen molar-refractivity contribution in [2.45, 2.75) is 19.3 Å². The SMILES string of the molecule is CC1(C)c2ccccc2-c2cc(-c3nc(-c4ccccc4)nc(-n4c5ccccc5c5ccc6c7ccccc7n(-c7ccc(-c8nc(-c9ccccc9)nc(-c9ccccc9)n8)cc7)c6c54)n3)ccc21. The third kappa shape index (κ3) is 6.45. The Morgan fingerprint density at radius 3 is 1.28 bits per heavy atom. The van der Waals surface area contributed by atoms with Gasteiger partial charge in [0.1, 0.15) is 0 Å². The van der Waals surface area contributed by atoms with Crippen LogP contribution in [0.5, 0.6) is 0 Å². The van der Waals surface area contributed by atoms with Gasteiger partial charge in [-0.15, -0.1) is 0 Å². The van der Waals surface area contributed by atoms with E-state index in [1.807, 2.05) is 78.9 Å². The molecule has 0 aliphatic heterocycles. The summed E-state index contributed by atoms with van der Waals surface area (Å²) in [6.45, 7) is 4.61. The van der Waals surface area contributed by atoms with Gasteiger partial charge in [0.25, 0.3) is 0 Å². The topological polar surface area (TPSA) is 87.2 Å². The molecule has 0 spiro atoms. The lowest BCUT2D eigenvalue weighted by Crippen LogP contribution is -2.14. The van der Waals surface area contributed by atoms with Gasteiger partial charge in [-0.2, -0.15) is 9.97 Å². The highest BCUT2D eigenvalue weighted by atomic mass is 15.2. The monoisotopic (exact) mass is 910 g/mol. The summed E-state index contributed by atoms with van der Waals surface area (Å²) < 4.78 is 4.63. The van der Waals surface area contributed by atoms with Crippen LogP contribution in [0.1, 0.15) is 25.0 Å². The summed E-state index contributed by atoms with van der Waals surface area (Å²) >= 11 is 0. The fraction of sp³-hybridized carbons (Fsp3) is 0.0476. The van der Waals surface area contributed by atoms with Crippen LogP contribution in [0.3, 0.4) is 0 Å². The highest BCUT2D eigenvalue weighted by Gasteiger charge is 2.35. The van der Waals surface area contributed by atoms with E-state index in [0.717, 1.165) is 77.1 Å². The average Bonchev–Trinajstić information content (AvgIpc) is 4.05. The van der Waals surface area contributed by atoms with Gasteiger partial charge in [0.05, 0.1) is 22.1 Å². The van der Waals surface area contributed by atoms with E-state index in [-0.39, 0.29) is 5.41 Å². The van der Waals surface area contributed by atoms with Crippen LogP contribution < -0.4 is 0 Å². The zero-order valence-electron chi connectivity index (χ0n) is 38.9. The van der Waals surface area contributed by atoms with E-state index in [4.69, 9.17) is 29.9 Å². The minimum Gasteiger partial charge on any atom is -0.307 e. The molecule has 14 rings (SSSR count). The Morgan fingerprint density at radius 1 is 0.310 bits per heavy atom. The number of fused-ring (bicyclic) bond motifs is 10. The highest BCUT2D eigenvalue weighted by molar-refractivity contribution is 6.23. The quantitative estimate of drug-likeness (QED) is 0.158. The summed E-state index contributed by atoms with van der Waals surface area (Å²) in [5.41, 5.74) is 14.7. The second-order valence-electron chi connectivity index (χ2n) is 18.7. The number of benzene rings is 9. The summed E-state index contributed by atoms with van der Waals surface area (Å²) in [6, 6.07) is 76.1. The summed E-state index contributed by atoms with van der Waals surface area (Å²) in [7, 11) is 0. The Hall–Kier alpha value is -9.40. The van der Waals surface area contributed by atoms with E-state index in [2.05, 4.69) is 163 Å². The predicted octanol–water partition coefficient (Wildman–Crippen LogP) is 14.9. The zero-order valence-corrected chi connectivity index (χ0v) is 38.9. The zero-order chi connectivity index (χ0) is 47.2. The van der Waals surface area contributed by atoms with E-state index in [1.54, 1.807) is 0 Å². The van der Waals surface area contributed by atoms with E-state index in [1.165, 1.54) is 22.3 Å². The van der Waals surface area contributed by atoms with Crippen LogP contribution in [0.15, 0.2) is 218 Å². The van der Waals surface area contributed by atoms with Crippen LogP contribution >= 0.6 is 0 Å². The number of aromatic nitrogens is 8. The van der Waals surface area contributed by atoms with Gasteiger partial charge >= 0.3 is 0 Å². The highest BCUT2D eigenvalue weighted by Crippen LogP contribution is 2.49. The molecule has 71 heavy (non-hydrogen) atoms. The smallest absolute Gasteiger partial charge is 0.238 e. The molecular formula is C63H42N8. The van der Waals surface area contributed by atoms with E-state index in [0.29, 0.717) is 35.1 Å². The molecule has 0 amide bonds. The molecule has 0 saturated heterocycles. The van der Waals surface area contributed by atoms with Crippen LogP contribution in [0.25, 0.3) is 123 Å². The van der Waals surface area contributed by atoms with Gasteiger partial charge in [-0.25, -0.2) is 19.9 Å². The Bertz CT molecular complexity index is 4180. The predicted molar refractivity (Wildman–Crippen MR) is 287 cm³/mol. The molecule has 4 heterocycles. The first-order chi connectivity index (χ1) is 35.0. The summed E-state index contributed by atoms with van der Waals surface area (Å²) in [5, 5.41) is 4.47. The summed E-state index contributed by atoms with van der Waals surface area (Å²) in [4.78, 5) is 31.1. The fourth-order valence-electron chi connectivity index (χ4n) is 10.8. The Balaban J connectivity index is 0.995. The third-order valence-electron chi connectivity index (χ3n) is 14.2. The first-order valence-electron chi connectivity index (χ1n) is 24.0. The van der Waals surface area contributed by atoms with Crippen molar-refractivity contribution < 1.29 is 0 Å². The standard InChI is InChI=1S/C63H42N8/c1-63(2)51-27-15-12-24-45(51)50-38-43(32-37-52(50)63)61-67-60(41-22-10-5-11-23-41)68-62(69-61)71-54-29-17-14-26-47(54)49-36-35-48-46-25-13-16-28-53(46)70(55(48)56(49)71)44-33-30-42(31-34-44)59-65-57(39-18-6-3-7-19-39)64-58(66-59)40-20-8-4-9-21-40/h3-38H,1-2H3. The summed E-state index contributed by atoms with van der Waals surface area (Å²) in [5.74, 6) is 3.60. The van der Waals surface area contributed by atoms with Crippen molar-refractivity contribution in [1.82, 2.24) is 39.0 Å². The van der Waals surface area contributed by atoms with E-state index < -0.39 is 0 Å². The van der Waals surface area contributed by atoms with Crippen molar-refractivity contribution in [2.24, 2.45) is 0 Å². The fourth-order valence-corrected chi connectivity index (χ4v) is 10.8.